The Morgan fingerprint density at radius 2 is 2.00 bits per heavy atom. The molecule has 3 heterocycles. The van der Waals surface area contributed by atoms with Crippen LogP contribution >= 0.6 is 0 Å². The van der Waals surface area contributed by atoms with Crippen molar-refractivity contribution in [1.82, 2.24) is 25.0 Å². The highest BCUT2D eigenvalue weighted by atomic mass is 16.5. The number of aliphatic hydroxyl groups excluding tert-OH is 1. The van der Waals surface area contributed by atoms with Gasteiger partial charge in [-0.25, -0.2) is 0 Å². The molecular formula is C28H31N5O3. The van der Waals surface area contributed by atoms with Crippen LogP contribution in [0.2, 0.25) is 0 Å². The lowest BCUT2D eigenvalue weighted by atomic mass is 10.0. The van der Waals surface area contributed by atoms with E-state index in [1.807, 2.05) is 30.5 Å². The molecule has 2 aromatic heterocycles. The van der Waals surface area contributed by atoms with Crippen LogP contribution in [-0.4, -0.2) is 68.8 Å². The second kappa shape index (κ2) is 10.9. The Kier molecular flexibility index (Phi) is 7.25. The summed E-state index contributed by atoms with van der Waals surface area (Å²) in [6, 6.07) is 10.2. The molecular weight excluding hydrogens is 454 g/mol. The van der Waals surface area contributed by atoms with E-state index in [4.69, 9.17) is 14.8 Å². The zero-order valence-electron chi connectivity index (χ0n) is 20.5. The van der Waals surface area contributed by atoms with Crippen molar-refractivity contribution in [3.8, 4) is 5.75 Å². The topological polar surface area (TPSA) is 94.6 Å². The van der Waals surface area contributed by atoms with Gasteiger partial charge in [-0.05, 0) is 72.9 Å². The van der Waals surface area contributed by atoms with E-state index in [0.29, 0.717) is 13.1 Å². The van der Waals surface area contributed by atoms with Gasteiger partial charge in [-0.15, -0.1) is 0 Å². The number of nitrogens with zero attached hydrogens (tertiary/aromatic N) is 4. The van der Waals surface area contributed by atoms with Gasteiger partial charge in [-0.2, -0.15) is 5.10 Å². The van der Waals surface area contributed by atoms with Gasteiger partial charge in [-0.1, -0.05) is 6.08 Å². The van der Waals surface area contributed by atoms with Crippen LogP contribution in [0.3, 0.4) is 0 Å². The Morgan fingerprint density at radius 3 is 2.78 bits per heavy atom. The number of aromatic nitrogens is 3. The number of fused-ring (bicyclic) bond motifs is 1. The largest absolute Gasteiger partial charge is 0.457 e. The molecule has 1 aliphatic heterocycles. The van der Waals surface area contributed by atoms with Crippen LogP contribution in [0.25, 0.3) is 16.5 Å². The molecule has 8 nitrogen and oxygen atoms in total. The molecule has 2 aliphatic rings. The van der Waals surface area contributed by atoms with E-state index in [-0.39, 0.29) is 5.91 Å². The van der Waals surface area contributed by atoms with E-state index in [1.54, 1.807) is 11.1 Å². The zero-order chi connectivity index (χ0) is 24.9. The second-order valence-electron chi connectivity index (χ2n) is 9.26. The van der Waals surface area contributed by atoms with Gasteiger partial charge < -0.3 is 14.7 Å². The summed E-state index contributed by atoms with van der Waals surface area (Å²) < 4.78 is 6.31. The summed E-state index contributed by atoms with van der Waals surface area (Å²) in [6.45, 7) is 5.33. The van der Waals surface area contributed by atoms with Crippen LogP contribution < -0.4 is 4.74 Å². The minimum atomic E-state index is -0.420. The fraction of sp³-hybridized carbons (Fsp3) is 0.321. The monoisotopic (exact) mass is 485 g/mol. The molecule has 0 spiro atoms. The molecule has 5 rings (SSSR count). The average Bonchev–Trinajstić information content (AvgIpc) is 3.43. The predicted molar refractivity (Wildman–Crippen MR) is 139 cm³/mol. The molecule has 0 saturated carbocycles. The van der Waals surface area contributed by atoms with E-state index < -0.39 is 6.61 Å². The SMILES string of the molecule is CC1=C(Oc2ccc3cc(CN4CCN(C(=O)CO)CC4)cnc3c2)C=CC(c2ccn[nH]2)=CCC1. The fourth-order valence-corrected chi connectivity index (χ4v) is 4.62. The van der Waals surface area contributed by atoms with Gasteiger partial charge in [0.1, 0.15) is 18.1 Å². The summed E-state index contributed by atoms with van der Waals surface area (Å²) in [7, 11) is 0. The van der Waals surface area contributed by atoms with Crippen LogP contribution in [-0.2, 0) is 11.3 Å². The summed E-state index contributed by atoms with van der Waals surface area (Å²) >= 11 is 0. The maximum Gasteiger partial charge on any atom is 0.248 e. The first kappa shape index (κ1) is 24.0. The van der Waals surface area contributed by atoms with E-state index in [1.165, 1.54) is 5.57 Å². The molecule has 2 N–H and O–H groups in total. The summed E-state index contributed by atoms with van der Waals surface area (Å²) in [5.41, 5.74) is 5.33. The van der Waals surface area contributed by atoms with Crippen molar-refractivity contribution in [3.05, 3.63) is 83.5 Å². The van der Waals surface area contributed by atoms with E-state index in [9.17, 15) is 4.79 Å². The van der Waals surface area contributed by atoms with Crippen molar-refractivity contribution in [1.29, 1.82) is 0 Å². The number of pyridine rings is 1. The van der Waals surface area contributed by atoms with Gasteiger partial charge >= 0.3 is 0 Å². The van der Waals surface area contributed by atoms with Crippen molar-refractivity contribution in [2.45, 2.75) is 26.3 Å². The number of hydrogen-bond donors (Lipinski definition) is 2. The fourth-order valence-electron chi connectivity index (χ4n) is 4.62. The zero-order valence-corrected chi connectivity index (χ0v) is 20.5. The second-order valence-corrected chi connectivity index (χ2v) is 9.26. The van der Waals surface area contributed by atoms with Gasteiger partial charge in [0.05, 0.1) is 11.2 Å². The molecule has 3 aromatic rings. The average molecular weight is 486 g/mol. The van der Waals surface area contributed by atoms with E-state index >= 15 is 0 Å². The number of rotatable bonds is 6. The highest BCUT2D eigenvalue weighted by molar-refractivity contribution is 5.80. The van der Waals surface area contributed by atoms with Crippen molar-refractivity contribution in [3.63, 3.8) is 0 Å². The first-order valence-corrected chi connectivity index (χ1v) is 12.3. The Labute approximate surface area is 210 Å². The first-order valence-electron chi connectivity index (χ1n) is 12.3. The Hall–Kier alpha value is -3.75. The van der Waals surface area contributed by atoms with Gasteiger partial charge in [0.25, 0.3) is 0 Å². The molecule has 186 valence electrons. The summed E-state index contributed by atoms with van der Waals surface area (Å²) in [4.78, 5) is 20.4. The van der Waals surface area contributed by atoms with Crippen LogP contribution in [0.15, 0.2) is 72.3 Å². The third kappa shape index (κ3) is 5.56. The maximum absolute atomic E-state index is 11.7. The van der Waals surface area contributed by atoms with Crippen molar-refractivity contribution in [2.75, 3.05) is 32.8 Å². The molecule has 1 amide bonds. The number of nitrogens with one attached hydrogen (secondary N) is 1. The molecule has 0 bridgehead atoms. The third-order valence-electron chi connectivity index (χ3n) is 6.74. The number of allylic oxidation sites excluding steroid dienone is 5. The summed E-state index contributed by atoms with van der Waals surface area (Å²) in [6.07, 6.45) is 11.8. The minimum Gasteiger partial charge on any atom is -0.457 e. The number of carbonyl (C=O) groups excluding carboxylic acids is 1. The van der Waals surface area contributed by atoms with Gasteiger partial charge in [0.2, 0.25) is 5.91 Å². The molecule has 36 heavy (non-hydrogen) atoms. The van der Waals surface area contributed by atoms with Crippen LogP contribution in [0.4, 0.5) is 0 Å². The number of carbonyl (C=O) groups is 1. The third-order valence-corrected chi connectivity index (χ3v) is 6.74. The number of benzene rings is 1. The quantitative estimate of drug-likeness (QED) is 0.553. The predicted octanol–water partition coefficient (Wildman–Crippen LogP) is 3.68. The summed E-state index contributed by atoms with van der Waals surface area (Å²) in [5, 5.41) is 17.2. The van der Waals surface area contributed by atoms with Crippen molar-refractivity contribution in [2.24, 2.45) is 0 Å². The van der Waals surface area contributed by atoms with Gasteiger partial charge in [0.15, 0.2) is 0 Å². The standard InChI is InChI=1S/C28H31N5O3/c1-20-3-2-4-22(25-9-10-30-31-25)6-8-27(20)36-24-7-5-23-15-21(17-29-26(23)16-24)18-32-11-13-33(14-12-32)28(35)19-34/h4-10,15-17,34H,2-3,11-14,18-19H2,1H3,(H,30,31). The molecule has 1 fully saturated rings. The van der Waals surface area contributed by atoms with Crippen molar-refractivity contribution >= 4 is 22.4 Å². The number of amides is 1. The Bertz CT molecular complexity index is 1320. The van der Waals surface area contributed by atoms with Gasteiger partial charge in [0, 0.05) is 56.6 Å². The molecule has 8 heteroatoms. The molecule has 0 atom stereocenters. The molecule has 1 saturated heterocycles. The van der Waals surface area contributed by atoms with Crippen molar-refractivity contribution < 1.29 is 14.6 Å². The van der Waals surface area contributed by atoms with Gasteiger partial charge in [-0.3, -0.25) is 19.8 Å². The smallest absolute Gasteiger partial charge is 0.248 e. The summed E-state index contributed by atoms with van der Waals surface area (Å²) in [5.74, 6) is 1.42. The highest BCUT2D eigenvalue weighted by Crippen LogP contribution is 2.27. The lowest BCUT2D eigenvalue weighted by molar-refractivity contribution is -0.135. The number of piperazine rings is 1. The first-order chi connectivity index (χ1) is 17.6. The highest BCUT2D eigenvalue weighted by Gasteiger charge is 2.20. The maximum atomic E-state index is 11.7. The van der Waals surface area contributed by atoms with E-state index in [0.717, 1.165) is 71.7 Å². The molecule has 0 radical (unpaired) electrons. The van der Waals surface area contributed by atoms with Crippen LogP contribution in [0.1, 0.15) is 31.0 Å². The van der Waals surface area contributed by atoms with E-state index in [2.05, 4.69) is 46.3 Å². The minimum absolute atomic E-state index is 0.199. The Balaban J connectivity index is 1.26. The molecule has 1 aliphatic carbocycles. The number of hydrogen-bond acceptors (Lipinski definition) is 6. The normalized spacial score (nSPS) is 17.2. The number of H-pyrrole nitrogens is 1. The Morgan fingerprint density at radius 1 is 1.14 bits per heavy atom. The number of aromatic amines is 1. The van der Waals surface area contributed by atoms with Crippen LogP contribution in [0, 0.1) is 0 Å². The van der Waals surface area contributed by atoms with Crippen LogP contribution in [0.5, 0.6) is 5.75 Å². The lowest BCUT2D eigenvalue weighted by Gasteiger charge is -2.34. The number of ether oxygens (including phenoxy) is 1. The number of aliphatic hydroxyl groups is 1. The molecule has 1 aromatic carbocycles. The molecule has 0 unspecified atom stereocenters. The lowest BCUT2D eigenvalue weighted by Crippen LogP contribution is -2.49.